The number of hydrogen-bond donors (Lipinski definition) is 3. The summed E-state index contributed by atoms with van der Waals surface area (Å²) >= 11 is 1.10. The highest BCUT2D eigenvalue weighted by Gasteiger charge is 2.32. The Labute approximate surface area is 250 Å². The molecule has 2 heterocycles. The van der Waals surface area contributed by atoms with Crippen LogP contribution < -0.4 is 19.5 Å². The molecule has 3 atom stereocenters. The van der Waals surface area contributed by atoms with Gasteiger partial charge < -0.3 is 29.7 Å². The number of nitrogens with one attached hydrogen (secondary N) is 2. The van der Waals surface area contributed by atoms with Gasteiger partial charge in [0.25, 0.3) is 10.0 Å². The Kier molecular flexibility index (Phi) is 9.97. The number of nitrogens with zero attached hydrogens (tertiary/aromatic N) is 2. The van der Waals surface area contributed by atoms with Crippen molar-refractivity contribution in [3.63, 3.8) is 0 Å². The van der Waals surface area contributed by atoms with Gasteiger partial charge in [0.2, 0.25) is 5.91 Å². The van der Waals surface area contributed by atoms with Crippen molar-refractivity contribution < 1.29 is 32.6 Å². The van der Waals surface area contributed by atoms with E-state index in [2.05, 4.69) is 10.0 Å². The molecule has 3 aromatic rings. The number of carbonyl (C=O) groups excluding carboxylic acids is 2. The maximum Gasteiger partial charge on any atom is 0.321 e. The van der Waals surface area contributed by atoms with E-state index in [-0.39, 0.29) is 41.6 Å². The number of urea groups is 1. The van der Waals surface area contributed by atoms with E-state index in [4.69, 9.17) is 9.47 Å². The van der Waals surface area contributed by atoms with Gasteiger partial charge in [-0.25, -0.2) is 13.2 Å². The number of ether oxygens (including phenoxy) is 2. The van der Waals surface area contributed by atoms with Gasteiger partial charge in [-0.2, -0.15) is 0 Å². The van der Waals surface area contributed by atoms with Crippen molar-refractivity contribution in [2.24, 2.45) is 5.92 Å². The number of likely N-dealkylation sites (N-methyl/N-ethyl adjacent to an activating group) is 1. The number of methoxy groups -OCH3 is 1. The smallest absolute Gasteiger partial charge is 0.321 e. The monoisotopic (exact) mass is 616 g/mol. The van der Waals surface area contributed by atoms with Crippen LogP contribution in [-0.2, 0) is 21.2 Å². The molecule has 1 aliphatic heterocycles. The molecule has 1 aliphatic rings. The largest absolute Gasteiger partial charge is 0.497 e. The van der Waals surface area contributed by atoms with E-state index in [9.17, 15) is 23.1 Å². The molecule has 1 aromatic heterocycles. The van der Waals surface area contributed by atoms with Gasteiger partial charge in [-0.05, 0) is 60.8 Å². The summed E-state index contributed by atoms with van der Waals surface area (Å²) in [5.74, 6) is 0.646. The number of aliphatic hydroxyl groups excluding tert-OH is 1. The summed E-state index contributed by atoms with van der Waals surface area (Å²) in [7, 11) is -0.571. The van der Waals surface area contributed by atoms with Crippen LogP contribution in [0.4, 0.5) is 16.2 Å². The van der Waals surface area contributed by atoms with Gasteiger partial charge in [0.15, 0.2) is 0 Å². The second-order valence-electron chi connectivity index (χ2n) is 10.3. The molecule has 0 saturated heterocycles. The lowest BCUT2D eigenvalue weighted by Crippen LogP contribution is -2.48. The highest BCUT2D eigenvalue weighted by atomic mass is 32.2. The first kappa shape index (κ1) is 31.1. The van der Waals surface area contributed by atoms with Crippen LogP contribution in [0.15, 0.2) is 64.2 Å². The molecule has 3 amide bonds. The lowest BCUT2D eigenvalue weighted by molar-refractivity contribution is -0.134. The summed E-state index contributed by atoms with van der Waals surface area (Å²) in [6, 6.07) is 14.2. The maximum atomic E-state index is 13.4. The molecular formula is C29H36N4O7S2. The van der Waals surface area contributed by atoms with E-state index in [1.54, 1.807) is 79.9 Å². The summed E-state index contributed by atoms with van der Waals surface area (Å²) in [4.78, 5) is 29.6. The van der Waals surface area contributed by atoms with Crippen molar-refractivity contribution in [3.8, 4) is 11.5 Å². The molecule has 42 heavy (non-hydrogen) atoms. The molecule has 0 aliphatic carbocycles. The van der Waals surface area contributed by atoms with Gasteiger partial charge in [-0.1, -0.05) is 13.0 Å². The number of sulfonamides is 1. The van der Waals surface area contributed by atoms with Crippen LogP contribution in [0, 0.1) is 5.92 Å². The minimum atomic E-state index is -3.80. The zero-order chi connectivity index (χ0) is 30.4. The van der Waals surface area contributed by atoms with Crippen molar-refractivity contribution in [2.45, 2.75) is 36.6 Å². The summed E-state index contributed by atoms with van der Waals surface area (Å²) in [5.41, 5.74) is 1.39. The number of fused-ring (bicyclic) bond motifs is 1. The van der Waals surface area contributed by atoms with Crippen molar-refractivity contribution in [1.82, 2.24) is 9.80 Å². The van der Waals surface area contributed by atoms with Gasteiger partial charge in [-0.15, -0.1) is 11.3 Å². The summed E-state index contributed by atoms with van der Waals surface area (Å²) in [6.45, 7) is 3.97. The summed E-state index contributed by atoms with van der Waals surface area (Å²) < 4.78 is 40.0. The molecule has 2 aromatic carbocycles. The van der Waals surface area contributed by atoms with E-state index < -0.39 is 22.2 Å². The number of benzene rings is 2. The van der Waals surface area contributed by atoms with Gasteiger partial charge in [0.1, 0.15) is 21.8 Å². The van der Waals surface area contributed by atoms with E-state index >= 15 is 0 Å². The molecule has 11 nitrogen and oxygen atoms in total. The summed E-state index contributed by atoms with van der Waals surface area (Å²) in [5, 5.41) is 14.4. The van der Waals surface area contributed by atoms with Gasteiger partial charge >= 0.3 is 6.03 Å². The van der Waals surface area contributed by atoms with Crippen LogP contribution in [0.1, 0.15) is 19.4 Å². The van der Waals surface area contributed by atoms with Gasteiger partial charge in [-0.3, -0.25) is 9.52 Å². The van der Waals surface area contributed by atoms with Crippen LogP contribution in [0.2, 0.25) is 0 Å². The second kappa shape index (κ2) is 13.4. The Morgan fingerprint density at radius 3 is 2.57 bits per heavy atom. The average Bonchev–Trinajstić information content (AvgIpc) is 3.53. The third-order valence-corrected chi connectivity index (χ3v) is 9.85. The lowest BCUT2D eigenvalue weighted by Gasteiger charge is -2.34. The number of aliphatic hydroxyl groups is 1. The third kappa shape index (κ3) is 7.52. The maximum absolute atomic E-state index is 13.4. The predicted molar refractivity (Wildman–Crippen MR) is 162 cm³/mol. The average molecular weight is 617 g/mol. The summed E-state index contributed by atoms with van der Waals surface area (Å²) in [6.07, 6.45) is -0.579. The van der Waals surface area contributed by atoms with Crippen molar-refractivity contribution in [3.05, 3.63) is 65.5 Å². The molecule has 0 bridgehead atoms. The van der Waals surface area contributed by atoms with E-state index in [1.165, 1.54) is 11.0 Å². The fraction of sp³-hybridized carbons (Fsp3) is 0.379. The minimum absolute atomic E-state index is 0.0541. The molecule has 0 fully saturated rings. The number of hydrogen-bond acceptors (Lipinski definition) is 8. The molecule has 0 saturated carbocycles. The van der Waals surface area contributed by atoms with E-state index in [0.29, 0.717) is 35.0 Å². The molecule has 13 heteroatoms. The zero-order valence-corrected chi connectivity index (χ0v) is 25.6. The fourth-order valence-corrected chi connectivity index (χ4v) is 6.62. The van der Waals surface area contributed by atoms with Crippen LogP contribution in [0.25, 0.3) is 0 Å². The Morgan fingerprint density at radius 1 is 1.21 bits per heavy atom. The first-order valence-electron chi connectivity index (χ1n) is 13.4. The quantitative estimate of drug-likeness (QED) is 0.332. The SMILES string of the molecule is COc1ccc(NC(=O)N(C)C[C@@H]2Oc3ccc(NS(=O)(=O)c4cccs4)cc3CC(=O)N([C@H](C)CO)C[C@@H]2C)cc1. The first-order valence-corrected chi connectivity index (χ1v) is 15.8. The second-order valence-corrected chi connectivity index (χ2v) is 13.1. The molecular weight excluding hydrogens is 580 g/mol. The van der Waals surface area contributed by atoms with E-state index in [0.717, 1.165) is 11.3 Å². The normalized spacial score (nSPS) is 18.0. The highest BCUT2D eigenvalue weighted by Crippen LogP contribution is 2.30. The number of anilines is 2. The molecule has 3 N–H and O–H groups in total. The number of carbonyl (C=O) groups is 2. The Bertz CT molecular complexity index is 1480. The van der Waals surface area contributed by atoms with Crippen LogP contribution >= 0.6 is 11.3 Å². The fourth-order valence-electron chi connectivity index (χ4n) is 4.58. The lowest BCUT2D eigenvalue weighted by atomic mass is 10.0. The van der Waals surface area contributed by atoms with Gasteiger partial charge in [0, 0.05) is 36.4 Å². The van der Waals surface area contributed by atoms with Crippen molar-refractivity contribution >= 4 is 44.7 Å². The molecule has 226 valence electrons. The van der Waals surface area contributed by atoms with Crippen LogP contribution in [-0.4, -0.2) is 81.3 Å². The van der Waals surface area contributed by atoms with Crippen molar-refractivity contribution in [1.29, 1.82) is 0 Å². The zero-order valence-electron chi connectivity index (χ0n) is 23.9. The molecule has 0 radical (unpaired) electrons. The minimum Gasteiger partial charge on any atom is -0.497 e. The molecule has 0 unspecified atom stereocenters. The van der Waals surface area contributed by atoms with Gasteiger partial charge in [0.05, 0.1) is 32.7 Å². The third-order valence-electron chi connectivity index (χ3n) is 7.07. The van der Waals surface area contributed by atoms with E-state index in [1.807, 2.05) is 6.92 Å². The molecule has 0 spiro atoms. The van der Waals surface area contributed by atoms with Crippen molar-refractivity contribution in [2.75, 3.05) is 43.9 Å². The highest BCUT2D eigenvalue weighted by molar-refractivity contribution is 7.94. The topological polar surface area (TPSA) is 138 Å². The standard InChI is InChI=1S/C29H36N4O7S2/c1-19-16-33(20(2)18-34)27(35)15-21-14-23(31-42(37,38)28-6-5-13-41-28)9-12-25(21)40-26(19)17-32(3)29(36)30-22-7-10-24(39-4)11-8-22/h5-14,19-20,26,31,34H,15-18H2,1-4H3,(H,30,36)/t19-,20+,26-/m0/s1. The Morgan fingerprint density at radius 2 is 1.93 bits per heavy atom. The Hall–Kier alpha value is -3.81. The van der Waals surface area contributed by atoms with Crippen LogP contribution in [0.3, 0.4) is 0 Å². The number of amides is 3. The first-order chi connectivity index (χ1) is 20.0. The molecule has 4 rings (SSSR count). The Balaban J connectivity index is 1.59. The predicted octanol–water partition coefficient (Wildman–Crippen LogP) is 3.87. The number of thiophene rings is 1. The van der Waals surface area contributed by atoms with Crippen LogP contribution in [0.5, 0.6) is 11.5 Å². The number of rotatable bonds is 9.